The molecule has 6 heteroatoms. The van der Waals surface area contributed by atoms with E-state index in [4.69, 9.17) is 21.8 Å². The summed E-state index contributed by atoms with van der Waals surface area (Å²) in [6, 6.07) is 2.35. The highest BCUT2D eigenvalue weighted by molar-refractivity contribution is 9.10. The van der Waals surface area contributed by atoms with Crippen LogP contribution in [0.4, 0.5) is 4.39 Å². The Labute approximate surface area is 92.2 Å². The van der Waals surface area contributed by atoms with Gasteiger partial charge >= 0.3 is 5.97 Å². The summed E-state index contributed by atoms with van der Waals surface area (Å²) in [7, 11) is 0. The molecule has 1 aromatic rings. The largest absolute Gasteiger partial charge is 0.479 e. The van der Waals surface area contributed by atoms with E-state index in [9.17, 15) is 9.18 Å². The number of carbonyl (C=O) groups is 1. The van der Waals surface area contributed by atoms with Gasteiger partial charge in [0.25, 0.3) is 0 Å². The van der Waals surface area contributed by atoms with Crippen LogP contribution in [0.2, 0.25) is 5.02 Å². The number of hydrogen-bond acceptors (Lipinski definition) is 2. The predicted octanol–water partition coefficient (Wildman–Crippen LogP) is 2.36. The van der Waals surface area contributed by atoms with Crippen LogP contribution >= 0.6 is 27.5 Å². The van der Waals surface area contributed by atoms with Gasteiger partial charge in [0.2, 0.25) is 0 Å². The molecule has 0 aromatic heterocycles. The lowest BCUT2D eigenvalue weighted by atomic mass is 10.1. The Bertz CT molecular complexity index is 360. The van der Waals surface area contributed by atoms with E-state index in [1.165, 1.54) is 6.07 Å². The molecule has 0 saturated heterocycles. The van der Waals surface area contributed by atoms with E-state index in [2.05, 4.69) is 15.9 Å². The van der Waals surface area contributed by atoms with Crippen molar-refractivity contribution in [2.75, 3.05) is 0 Å². The summed E-state index contributed by atoms with van der Waals surface area (Å²) >= 11 is 8.56. The van der Waals surface area contributed by atoms with Crippen LogP contribution in [0.3, 0.4) is 0 Å². The third-order valence-corrected chi connectivity index (χ3v) is 2.32. The number of aliphatic carboxylic acids is 1. The van der Waals surface area contributed by atoms with Crippen molar-refractivity contribution in [3.8, 4) is 0 Å². The van der Waals surface area contributed by atoms with Crippen molar-refractivity contribution < 1.29 is 19.4 Å². The number of hydrogen-bond donors (Lipinski definition) is 2. The Morgan fingerprint density at radius 1 is 1.57 bits per heavy atom. The fraction of sp³-hybridized carbons (Fsp3) is 0.125. The zero-order valence-electron chi connectivity index (χ0n) is 6.67. The summed E-state index contributed by atoms with van der Waals surface area (Å²) in [6.45, 7) is 0. The van der Waals surface area contributed by atoms with Crippen LogP contribution in [0, 0.1) is 5.82 Å². The smallest absolute Gasteiger partial charge is 0.337 e. The second kappa shape index (κ2) is 4.25. The Balaban J connectivity index is 3.27. The first-order valence-corrected chi connectivity index (χ1v) is 4.66. The van der Waals surface area contributed by atoms with Crippen molar-refractivity contribution in [3.05, 3.63) is 33.0 Å². The van der Waals surface area contributed by atoms with Crippen molar-refractivity contribution in [2.24, 2.45) is 0 Å². The van der Waals surface area contributed by atoms with Gasteiger partial charge in [0.15, 0.2) is 6.10 Å². The second-order valence-corrected chi connectivity index (χ2v) is 3.85. The van der Waals surface area contributed by atoms with Gasteiger partial charge in [-0.3, -0.25) is 0 Å². The van der Waals surface area contributed by atoms with Gasteiger partial charge in [0.1, 0.15) is 5.82 Å². The van der Waals surface area contributed by atoms with E-state index in [0.717, 1.165) is 6.07 Å². The molecule has 3 nitrogen and oxygen atoms in total. The molecule has 0 spiro atoms. The normalized spacial score (nSPS) is 12.6. The summed E-state index contributed by atoms with van der Waals surface area (Å²) in [5, 5.41) is 17.4. The predicted molar refractivity (Wildman–Crippen MR) is 51.7 cm³/mol. The Kier molecular flexibility index (Phi) is 3.47. The van der Waals surface area contributed by atoms with E-state index in [0.29, 0.717) is 4.47 Å². The first kappa shape index (κ1) is 11.4. The molecule has 0 fully saturated rings. The van der Waals surface area contributed by atoms with Crippen LogP contribution in [0.5, 0.6) is 0 Å². The number of carboxylic acids is 1. The minimum Gasteiger partial charge on any atom is -0.479 e. The fourth-order valence-electron chi connectivity index (χ4n) is 0.938. The van der Waals surface area contributed by atoms with Crippen LogP contribution in [0.25, 0.3) is 0 Å². The monoisotopic (exact) mass is 282 g/mol. The van der Waals surface area contributed by atoms with Crippen LogP contribution in [0.1, 0.15) is 11.7 Å². The summed E-state index contributed by atoms with van der Waals surface area (Å²) in [6.07, 6.45) is -1.95. The van der Waals surface area contributed by atoms with E-state index in [-0.39, 0.29) is 5.02 Å². The number of aliphatic hydroxyl groups is 1. The molecule has 1 atom stereocenters. The standard InChI is InChI=1S/C8H5BrClFO3/c9-3-1-4(10)6(5(11)2-3)7(12)8(13)14/h1-2,7,12H,(H,13,14). The fourth-order valence-corrected chi connectivity index (χ4v) is 1.81. The van der Waals surface area contributed by atoms with Crippen molar-refractivity contribution in [1.82, 2.24) is 0 Å². The molecule has 2 N–H and O–H groups in total. The lowest BCUT2D eigenvalue weighted by Crippen LogP contribution is -2.12. The molecule has 1 aromatic carbocycles. The van der Waals surface area contributed by atoms with Gasteiger partial charge < -0.3 is 10.2 Å². The van der Waals surface area contributed by atoms with Crippen molar-refractivity contribution in [3.63, 3.8) is 0 Å². The summed E-state index contributed by atoms with van der Waals surface area (Å²) in [5.41, 5.74) is -0.428. The Morgan fingerprint density at radius 2 is 2.14 bits per heavy atom. The van der Waals surface area contributed by atoms with Crippen LogP contribution in [-0.2, 0) is 4.79 Å². The molecule has 0 aliphatic rings. The van der Waals surface area contributed by atoms with Gasteiger partial charge in [-0.2, -0.15) is 0 Å². The average molecular weight is 283 g/mol. The third-order valence-electron chi connectivity index (χ3n) is 1.55. The number of carboxylic acid groups (broad SMARTS) is 1. The molecule has 0 amide bonds. The molecule has 0 heterocycles. The van der Waals surface area contributed by atoms with Gasteiger partial charge in [-0.15, -0.1) is 0 Å². The maximum atomic E-state index is 13.2. The highest BCUT2D eigenvalue weighted by Crippen LogP contribution is 2.29. The first-order chi connectivity index (χ1) is 6.43. The minimum atomic E-state index is -1.95. The van der Waals surface area contributed by atoms with Gasteiger partial charge in [-0.25, -0.2) is 9.18 Å². The van der Waals surface area contributed by atoms with Crippen LogP contribution < -0.4 is 0 Å². The Morgan fingerprint density at radius 3 is 2.57 bits per heavy atom. The molecule has 0 aliphatic carbocycles. The molecule has 14 heavy (non-hydrogen) atoms. The summed E-state index contributed by atoms with van der Waals surface area (Å²) in [5.74, 6) is -2.41. The summed E-state index contributed by atoms with van der Waals surface area (Å²) in [4.78, 5) is 10.4. The number of aliphatic hydroxyl groups excluding tert-OH is 1. The molecule has 1 unspecified atom stereocenters. The van der Waals surface area contributed by atoms with Crippen molar-refractivity contribution >= 4 is 33.5 Å². The zero-order chi connectivity index (χ0) is 10.9. The van der Waals surface area contributed by atoms with Crippen LogP contribution in [0.15, 0.2) is 16.6 Å². The minimum absolute atomic E-state index is 0.133. The molecular weight excluding hydrogens is 278 g/mol. The van der Waals surface area contributed by atoms with E-state index < -0.39 is 23.5 Å². The molecule has 0 radical (unpaired) electrons. The number of benzene rings is 1. The number of rotatable bonds is 2. The van der Waals surface area contributed by atoms with E-state index >= 15 is 0 Å². The highest BCUT2D eigenvalue weighted by Gasteiger charge is 2.23. The van der Waals surface area contributed by atoms with Gasteiger partial charge in [0, 0.05) is 10.0 Å². The Hall–Kier alpha value is -0.650. The first-order valence-electron chi connectivity index (χ1n) is 3.48. The molecular formula is C8H5BrClFO3. The van der Waals surface area contributed by atoms with Crippen molar-refractivity contribution in [1.29, 1.82) is 0 Å². The second-order valence-electron chi connectivity index (χ2n) is 2.52. The SMILES string of the molecule is O=C(O)C(O)c1c(F)cc(Br)cc1Cl. The molecule has 0 aliphatic heterocycles. The topological polar surface area (TPSA) is 57.5 Å². The average Bonchev–Trinajstić information content (AvgIpc) is 2.01. The lowest BCUT2D eigenvalue weighted by Gasteiger charge is -2.09. The highest BCUT2D eigenvalue weighted by atomic mass is 79.9. The molecule has 0 saturated carbocycles. The molecule has 0 bridgehead atoms. The van der Waals surface area contributed by atoms with Gasteiger partial charge in [-0.1, -0.05) is 27.5 Å². The van der Waals surface area contributed by atoms with E-state index in [1.807, 2.05) is 0 Å². The van der Waals surface area contributed by atoms with Crippen molar-refractivity contribution in [2.45, 2.75) is 6.10 Å². The van der Waals surface area contributed by atoms with Gasteiger partial charge in [-0.05, 0) is 12.1 Å². The quantitative estimate of drug-likeness (QED) is 0.876. The van der Waals surface area contributed by atoms with Crippen LogP contribution in [-0.4, -0.2) is 16.2 Å². The van der Waals surface area contributed by atoms with Gasteiger partial charge in [0.05, 0.1) is 5.02 Å². The molecule has 1 rings (SSSR count). The van der Waals surface area contributed by atoms with E-state index in [1.54, 1.807) is 0 Å². The summed E-state index contributed by atoms with van der Waals surface area (Å²) < 4.78 is 13.6. The lowest BCUT2D eigenvalue weighted by molar-refractivity contribution is -0.147. The zero-order valence-corrected chi connectivity index (χ0v) is 9.01. The third kappa shape index (κ3) is 2.23. The number of halogens is 3. The molecule has 76 valence electrons. The maximum Gasteiger partial charge on any atom is 0.337 e. The maximum absolute atomic E-state index is 13.2.